The van der Waals surface area contributed by atoms with Gasteiger partial charge in [0.2, 0.25) is 0 Å². The van der Waals surface area contributed by atoms with E-state index in [0.717, 1.165) is 61.6 Å². The second-order valence-corrected chi connectivity index (χ2v) is 8.69. The summed E-state index contributed by atoms with van der Waals surface area (Å²) < 4.78 is 29.2. The van der Waals surface area contributed by atoms with E-state index in [1.807, 2.05) is 24.3 Å². The highest BCUT2D eigenvalue weighted by atomic mass is 32.1. The number of halogens is 1. The molecule has 0 bridgehead atoms. The Morgan fingerprint density at radius 2 is 2.03 bits per heavy atom. The number of methoxy groups -OCH3 is 1. The van der Waals surface area contributed by atoms with E-state index in [-0.39, 0.29) is 5.82 Å². The molecular weight excluding hydrogens is 415 g/mol. The number of rotatable bonds is 9. The number of nitrogens with zero attached hydrogens (tertiary/aromatic N) is 2. The summed E-state index contributed by atoms with van der Waals surface area (Å²) in [5.41, 5.74) is 1.69. The molecule has 1 aliphatic heterocycles. The maximum absolute atomic E-state index is 13.4. The van der Waals surface area contributed by atoms with Crippen LogP contribution in [-0.4, -0.2) is 48.9 Å². The van der Waals surface area contributed by atoms with Gasteiger partial charge in [-0.15, -0.1) is 0 Å². The summed E-state index contributed by atoms with van der Waals surface area (Å²) in [5, 5.41) is 1.10. The van der Waals surface area contributed by atoms with Gasteiger partial charge in [0.1, 0.15) is 12.1 Å². The molecule has 4 rings (SSSR count). The van der Waals surface area contributed by atoms with Crippen LogP contribution in [-0.2, 0) is 11.2 Å². The Morgan fingerprint density at radius 3 is 2.81 bits per heavy atom. The fraction of sp³-hybridized carbons (Fsp3) is 0.417. The van der Waals surface area contributed by atoms with Crippen molar-refractivity contribution in [1.82, 2.24) is 9.27 Å². The molecular formula is C24H27FN2O3S. The number of hydrogen-bond donors (Lipinski definition) is 0. The molecule has 0 amide bonds. The normalized spacial score (nSPS) is 15.3. The summed E-state index contributed by atoms with van der Waals surface area (Å²) in [4.78, 5) is 14.5. The summed E-state index contributed by atoms with van der Waals surface area (Å²) in [5.74, 6) is 1.65. The van der Waals surface area contributed by atoms with Crippen molar-refractivity contribution in [2.24, 2.45) is 0 Å². The predicted molar refractivity (Wildman–Crippen MR) is 121 cm³/mol. The maximum Gasteiger partial charge on any atom is 0.161 e. The zero-order valence-electron chi connectivity index (χ0n) is 17.7. The van der Waals surface area contributed by atoms with E-state index in [1.165, 1.54) is 28.5 Å². The average Bonchev–Trinajstić information content (AvgIpc) is 3.21. The molecule has 0 spiro atoms. The first kappa shape index (κ1) is 21.7. The number of aldehydes is 1. The molecule has 164 valence electrons. The molecule has 5 nitrogen and oxygen atoms in total. The molecule has 1 aliphatic rings. The molecule has 7 heteroatoms. The summed E-state index contributed by atoms with van der Waals surface area (Å²) in [6.45, 7) is 3.71. The molecule has 1 aromatic heterocycles. The summed E-state index contributed by atoms with van der Waals surface area (Å²) in [7, 11) is 1.61. The zero-order chi connectivity index (χ0) is 21.6. The lowest BCUT2D eigenvalue weighted by molar-refractivity contribution is -0.107. The van der Waals surface area contributed by atoms with Gasteiger partial charge in [0, 0.05) is 29.3 Å². The second kappa shape index (κ2) is 10.2. The van der Waals surface area contributed by atoms with Crippen LogP contribution >= 0.6 is 11.5 Å². The minimum absolute atomic E-state index is 0.226. The summed E-state index contributed by atoms with van der Waals surface area (Å²) in [6.07, 6.45) is 4.40. The SMILES string of the molecule is COc1cc(CC=O)ccc1OCCCN1CCC(c2snc3cc(F)ccc23)CC1. The van der Waals surface area contributed by atoms with Crippen LogP contribution in [0.4, 0.5) is 4.39 Å². The Bertz CT molecular complexity index is 1030. The third-order valence-corrected chi connectivity index (χ3v) is 6.89. The molecule has 2 aromatic carbocycles. The van der Waals surface area contributed by atoms with Crippen molar-refractivity contribution in [3.8, 4) is 11.5 Å². The lowest BCUT2D eigenvalue weighted by atomic mass is 9.93. The van der Waals surface area contributed by atoms with Gasteiger partial charge < -0.3 is 19.2 Å². The highest BCUT2D eigenvalue weighted by Crippen LogP contribution is 2.36. The van der Waals surface area contributed by atoms with Gasteiger partial charge in [-0.25, -0.2) is 4.39 Å². The smallest absolute Gasteiger partial charge is 0.161 e. The summed E-state index contributed by atoms with van der Waals surface area (Å²) >= 11 is 1.52. The van der Waals surface area contributed by atoms with Gasteiger partial charge in [-0.3, -0.25) is 0 Å². The zero-order valence-corrected chi connectivity index (χ0v) is 18.5. The molecule has 3 aromatic rings. The minimum atomic E-state index is -0.226. The van der Waals surface area contributed by atoms with Gasteiger partial charge in [0.05, 0.1) is 19.2 Å². The fourth-order valence-electron chi connectivity index (χ4n) is 4.17. The van der Waals surface area contributed by atoms with Gasteiger partial charge in [-0.05, 0) is 79.6 Å². The molecule has 0 atom stereocenters. The second-order valence-electron chi connectivity index (χ2n) is 7.88. The standard InChI is InChI=1S/C24H27FN2O3S/c1-29-23-15-17(9-13-28)3-6-22(23)30-14-2-10-27-11-7-18(8-12-27)24-20-5-4-19(25)16-21(20)26-31-24/h3-6,13,15-16,18H,2,7-12,14H2,1H3. The largest absolute Gasteiger partial charge is 0.493 e. The van der Waals surface area contributed by atoms with E-state index in [4.69, 9.17) is 9.47 Å². The van der Waals surface area contributed by atoms with Gasteiger partial charge >= 0.3 is 0 Å². The van der Waals surface area contributed by atoms with Crippen LogP contribution < -0.4 is 9.47 Å². The number of ether oxygens (including phenoxy) is 2. The van der Waals surface area contributed by atoms with Crippen molar-refractivity contribution < 1.29 is 18.7 Å². The quantitative estimate of drug-likeness (QED) is 0.351. The first-order chi connectivity index (χ1) is 15.2. The fourth-order valence-corrected chi connectivity index (χ4v) is 5.18. The van der Waals surface area contributed by atoms with E-state index < -0.39 is 0 Å². The molecule has 0 unspecified atom stereocenters. The Kier molecular flexibility index (Phi) is 7.14. The van der Waals surface area contributed by atoms with E-state index >= 15 is 0 Å². The van der Waals surface area contributed by atoms with Crippen molar-refractivity contribution >= 4 is 28.7 Å². The Labute approximate surface area is 185 Å². The van der Waals surface area contributed by atoms with Crippen LogP contribution in [0.3, 0.4) is 0 Å². The van der Waals surface area contributed by atoms with Gasteiger partial charge in [-0.1, -0.05) is 6.07 Å². The molecule has 0 saturated carbocycles. The first-order valence-electron chi connectivity index (χ1n) is 10.7. The van der Waals surface area contributed by atoms with Crippen LogP contribution in [0.25, 0.3) is 10.9 Å². The van der Waals surface area contributed by atoms with Crippen molar-refractivity contribution in [2.75, 3.05) is 33.4 Å². The number of piperidine rings is 1. The molecule has 0 radical (unpaired) electrons. The number of fused-ring (bicyclic) bond motifs is 1. The first-order valence-corrected chi connectivity index (χ1v) is 11.5. The number of benzene rings is 2. The minimum Gasteiger partial charge on any atom is -0.493 e. The molecule has 31 heavy (non-hydrogen) atoms. The summed E-state index contributed by atoms with van der Waals surface area (Å²) in [6, 6.07) is 10.5. The van der Waals surface area contributed by atoms with Crippen molar-refractivity contribution in [3.63, 3.8) is 0 Å². The number of hydrogen-bond acceptors (Lipinski definition) is 6. The Morgan fingerprint density at radius 1 is 1.19 bits per heavy atom. The van der Waals surface area contributed by atoms with Crippen LogP contribution in [0.15, 0.2) is 36.4 Å². The number of carbonyl (C=O) groups is 1. The third-order valence-electron chi connectivity index (χ3n) is 5.85. The molecule has 2 heterocycles. The van der Waals surface area contributed by atoms with Crippen LogP contribution in [0.5, 0.6) is 11.5 Å². The number of aromatic nitrogens is 1. The molecule has 0 aliphatic carbocycles. The van der Waals surface area contributed by atoms with Crippen molar-refractivity contribution in [2.45, 2.75) is 31.6 Å². The van der Waals surface area contributed by atoms with E-state index in [9.17, 15) is 9.18 Å². The van der Waals surface area contributed by atoms with Crippen molar-refractivity contribution in [1.29, 1.82) is 0 Å². The van der Waals surface area contributed by atoms with E-state index in [0.29, 0.717) is 30.4 Å². The molecule has 0 N–H and O–H groups in total. The van der Waals surface area contributed by atoms with Gasteiger partial charge in [0.15, 0.2) is 11.5 Å². The Balaban J connectivity index is 1.23. The number of likely N-dealkylation sites (tertiary alicyclic amines) is 1. The van der Waals surface area contributed by atoms with Gasteiger partial charge in [0.25, 0.3) is 0 Å². The average molecular weight is 443 g/mol. The predicted octanol–water partition coefficient (Wildman–Crippen LogP) is 4.83. The van der Waals surface area contributed by atoms with Crippen LogP contribution in [0, 0.1) is 5.82 Å². The van der Waals surface area contributed by atoms with Crippen LogP contribution in [0.2, 0.25) is 0 Å². The topological polar surface area (TPSA) is 51.7 Å². The van der Waals surface area contributed by atoms with E-state index in [1.54, 1.807) is 7.11 Å². The van der Waals surface area contributed by atoms with Crippen molar-refractivity contribution in [3.05, 3.63) is 52.7 Å². The highest BCUT2D eigenvalue weighted by Gasteiger charge is 2.23. The number of carbonyl (C=O) groups excluding carboxylic acids is 1. The van der Waals surface area contributed by atoms with Crippen LogP contribution in [0.1, 0.15) is 35.6 Å². The van der Waals surface area contributed by atoms with Gasteiger partial charge in [-0.2, -0.15) is 4.37 Å². The lowest BCUT2D eigenvalue weighted by Gasteiger charge is -2.31. The molecule has 1 fully saturated rings. The molecule has 1 saturated heterocycles. The third kappa shape index (κ3) is 5.22. The van der Waals surface area contributed by atoms with E-state index in [2.05, 4.69) is 9.27 Å². The maximum atomic E-state index is 13.4. The monoisotopic (exact) mass is 442 g/mol. The highest BCUT2D eigenvalue weighted by molar-refractivity contribution is 7.07. The lowest BCUT2D eigenvalue weighted by Crippen LogP contribution is -2.34. The Hall–Kier alpha value is -2.51.